The zero-order valence-electron chi connectivity index (χ0n) is 10.5. The first-order valence-corrected chi connectivity index (χ1v) is 6.40. The smallest absolute Gasteiger partial charge is 0.0685 e. The summed E-state index contributed by atoms with van der Waals surface area (Å²) in [6.45, 7) is 1.92. The van der Waals surface area contributed by atoms with E-state index in [1.54, 1.807) is 0 Å². The molecular weight excluding hydrogens is 202 g/mol. The Hall–Kier alpha value is -0.160. The van der Waals surface area contributed by atoms with Crippen LogP contribution in [0.2, 0.25) is 0 Å². The van der Waals surface area contributed by atoms with Gasteiger partial charge in [-0.3, -0.25) is 11.3 Å². The van der Waals surface area contributed by atoms with Gasteiger partial charge in [-0.05, 0) is 52.1 Å². The van der Waals surface area contributed by atoms with Crippen LogP contribution < -0.4 is 11.3 Å². The van der Waals surface area contributed by atoms with Crippen LogP contribution in [0.5, 0.6) is 0 Å². The predicted molar refractivity (Wildman–Crippen MR) is 64.9 cm³/mol. The highest BCUT2D eigenvalue weighted by atomic mass is 16.5. The first-order valence-electron chi connectivity index (χ1n) is 6.40. The summed E-state index contributed by atoms with van der Waals surface area (Å²) in [6, 6.07) is 0.399. The number of hydrogen-bond donors (Lipinski definition) is 2. The standard InChI is InChI=1S/C12H25N3O/c1-15(2)9-11(14-13)10-4-7-16-12(8-10)5-3-6-12/h10-11,14H,3-9,13H2,1-2H3. The van der Waals surface area contributed by atoms with Crippen molar-refractivity contribution in [3.63, 3.8) is 0 Å². The zero-order chi connectivity index (χ0) is 11.6. The van der Waals surface area contributed by atoms with Gasteiger partial charge < -0.3 is 9.64 Å². The van der Waals surface area contributed by atoms with E-state index in [4.69, 9.17) is 10.6 Å². The highest BCUT2D eigenvalue weighted by Crippen LogP contribution is 2.44. The fourth-order valence-electron chi connectivity index (χ4n) is 3.06. The quantitative estimate of drug-likeness (QED) is 0.549. The summed E-state index contributed by atoms with van der Waals surface area (Å²) in [6.07, 6.45) is 6.17. The van der Waals surface area contributed by atoms with Gasteiger partial charge in [0.1, 0.15) is 0 Å². The minimum atomic E-state index is 0.227. The Balaban J connectivity index is 1.91. The van der Waals surface area contributed by atoms with Crippen molar-refractivity contribution in [2.45, 2.75) is 43.7 Å². The Bertz CT molecular complexity index is 228. The van der Waals surface area contributed by atoms with Crippen LogP contribution in [0.15, 0.2) is 0 Å². The third-order valence-electron chi connectivity index (χ3n) is 4.14. The van der Waals surface area contributed by atoms with Gasteiger partial charge in [0.25, 0.3) is 0 Å². The molecule has 2 unspecified atom stereocenters. The van der Waals surface area contributed by atoms with E-state index >= 15 is 0 Å². The van der Waals surface area contributed by atoms with Crippen LogP contribution in [0.3, 0.4) is 0 Å². The summed E-state index contributed by atoms with van der Waals surface area (Å²) in [5.74, 6) is 6.35. The van der Waals surface area contributed by atoms with E-state index in [-0.39, 0.29) is 5.60 Å². The summed E-state index contributed by atoms with van der Waals surface area (Å²) in [5.41, 5.74) is 3.22. The van der Waals surface area contributed by atoms with Gasteiger partial charge in [-0.15, -0.1) is 0 Å². The molecule has 4 nitrogen and oxygen atoms in total. The molecule has 0 bridgehead atoms. The molecule has 0 aromatic rings. The van der Waals surface area contributed by atoms with E-state index in [0.29, 0.717) is 12.0 Å². The Morgan fingerprint density at radius 3 is 2.75 bits per heavy atom. The maximum absolute atomic E-state index is 5.95. The van der Waals surface area contributed by atoms with Gasteiger partial charge in [0, 0.05) is 19.2 Å². The monoisotopic (exact) mass is 227 g/mol. The van der Waals surface area contributed by atoms with Crippen molar-refractivity contribution in [1.29, 1.82) is 0 Å². The topological polar surface area (TPSA) is 50.5 Å². The van der Waals surface area contributed by atoms with Gasteiger partial charge in [-0.1, -0.05) is 0 Å². The van der Waals surface area contributed by atoms with E-state index in [2.05, 4.69) is 24.4 Å². The molecule has 2 rings (SSSR count). The number of hydrogen-bond acceptors (Lipinski definition) is 4. The molecule has 1 saturated carbocycles. The van der Waals surface area contributed by atoms with Crippen LogP contribution in [-0.2, 0) is 4.74 Å². The second kappa shape index (κ2) is 5.00. The third kappa shape index (κ3) is 2.56. The van der Waals surface area contributed by atoms with Crippen LogP contribution in [0.25, 0.3) is 0 Å². The highest BCUT2D eigenvalue weighted by Gasteiger charge is 2.44. The molecule has 2 aliphatic rings. The maximum Gasteiger partial charge on any atom is 0.0685 e. The lowest BCUT2D eigenvalue weighted by Crippen LogP contribution is -2.54. The molecule has 0 aromatic carbocycles. The normalized spacial score (nSPS) is 30.4. The molecule has 1 aliphatic carbocycles. The van der Waals surface area contributed by atoms with Crippen molar-refractivity contribution in [2.75, 3.05) is 27.2 Å². The summed E-state index contributed by atoms with van der Waals surface area (Å²) in [4.78, 5) is 2.20. The molecule has 1 heterocycles. The van der Waals surface area contributed by atoms with E-state index in [9.17, 15) is 0 Å². The fourth-order valence-corrected chi connectivity index (χ4v) is 3.06. The largest absolute Gasteiger partial charge is 0.375 e. The molecule has 0 aromatic heterocycles. The molecule has 2 atom stereocenters. The molecule has 0 amide bonds. The molecule has 16 heavy (non-hydrogen) atoms. The van der Waals surface area contributed by atoms with Crippen LogP contribution in [0, 0.1) is 5.92 Å². The lowest BCUT2D eigenvalue weighted by molar-refractivity contribution is -0.147. The van der Waals surface area contributed by atoms with Gasteiger partial charge in [0.15, 0.2) is 0 Å². The van der Waals surface area contributed by atoms with Gasteiger partial charge in [-0.25, -0.2) is 0 Å². The van der Waals surface area contributed by atoms with Crippen molar-refractivity contribution < 1.29 is 4.74 Å². The zero-order valence-corrected chi connectivity index (χ0v) is 10.5. The SMILES string of the molecule is CN(C)CC(NN)C1CCOC2(CCC2)C1. The van der Waals surface area contributed by atoms with Crippen molar-refractivity contribution in [2.24, 2.45) is 11.8 Å². The Labute approximate surface area is 98.5 Å². The lowest BCUT2D eigenvalue weighted by atomic mass is 9.70. The van der Waals surface area contributed by atoms with Gasteiger partial charge in [0.2, 0.25) is 0 Å². The molecule has 1 saturated heterocycles. The number of nitrogens with two attached hydrogens (primary N) is 1. The van der Waals surface area contributed by atoms with Crippen molar-refractivity contribution in [1.82, 2.24) is 10.3 Å². The molecule has 2 fully saturated rings. The van der Waals surface area contributed by atoms with Gasteiger partial charge >= 0.3 is 0 Å². The number of rotatable bonds is 4. The first-order chi connectivity index (χ1) is 7.65. The average molecular weight is 227 g/mol. The Morgan fingerprint density at radius 1 is 1.50 bits per heavy atom. The molecule has 1 aliphatic heterocycles. The average Bonchev–Trinajstić information content (AvgIpc) is 2.23. The second-order valence-electron chi connectivity index (χ2n) is 5.67. The Kier molecular flexibility index (Phi) is 3.85. The third-order valence-corrected chi connectivity index (χ3v) is 4.14. The van der Waals surface area contributed by atoms with Crippen molar-refractivity contribution in [3.05, 3.63) is 0 Å². The first kappa shape index (κ1) is 12.3. The second-order valence-corrected chi connectivity index (χ2v) is 5.67. The van der Waals surface area contributed by atoms with E-state index in [0.717, 1.165) is 19.6 Å². The van der Waals surface area contributed by atoms with Crippen molar-refractivity contribution >= 4 is 0 Å². The molecule has 3 N–H and O–H groups in total. The summed E-state index contributed by atoms with van der Waals surface area (Å²) < 4.78 is 5.95. The van der Waals surface area contributed by atoms with Crippen molar-refractivity contribution in [3.8, 4) is 0 Å². The van der Waals surface area contributed by atoms with Crippen LogP contribution >= 0.6 is 0 Å². The number of hydrazine groups is 1. The van der Waals surface area contributed by atoms with E-state index in [1.165, 1.54) is 25.7 Å². The maximum atomic E-state index is 5.95. The molecule has 4 heteroatoms. The van der Waals surface area contributed by atoms with E-state index < -0.39 is 0 Å². The molecule has 0 radical (unpaired) electrons. The minimum absolute atomic E-state index is 0.227. The molecular formula is C12H25N3O. The number of nitrogens with zero attached hydrogens (tertiary/aromatic N) is 1. The summed E-state index contributed by atoms with van der Waals surface area (Å²) in [7, 11) is 4.20. The lowest BCUT2D eigenvalue weighted by Gasteiger charge is -2.49. The van der Waals surface area contributed by atoms with Crippen LogP contribution in [0.1, 0.15) is 32.1 Å². The Morgan fingerprint density at radius 2 is 2.25 bits per heavy atom. The number of nitrogens with one attached hydrogen (secondary N) is 1. The summed E-state index contributed by atoms with van der Waals surface area (Å²) >= 11 is 0. The minimum Gasteiger partial charge on any atom is -0.375 e. The van der Waals surface area contributed by atoms with Crippen LogP contribution in [-0.4, -0.2) is 43.8 Å². The fraction of sp³-hybridized carbons (Fsp3) is 1.00. The number of ether oxygens (including phenoxy) is 1. The van der Waals surface area contributed by atoms with E-state index in [1.807, 2.05) is 0 Å². The van der Waals surface area contributed by atoms with Gasteiger partial charge in [0.05, 0.1) is 5.60 Å². The molecule has 94 valence electrons. The highest BCUT2D eigenvalue weighted by molar-refractivity contribution is 4.96. The van der Waals surface area contributed by atoms with Crippen LogP contribution in [0.4, 0.5) is 0 Å². The predicted octanol–water partition coefficient (Wildman–Crippen LogP) is 0.729. The van der Waals surface area contributed by atoms with Gasteiger partial charge in [-0.2, -0.15) is 0 Å². The number of likely N-dealkylation sites (N-methyl/N-ethyl adjacent to an activating group) is 1. The summed E-state index contributed by atoms with van der Waals surface area (Å²) in [5, 5.41) is 0. The molecule has 1 spiro atoms.